The summed E-state index contributed by atoms with van der Waals surface area (Å²) in [6, 6.07) is 0. The van der Waals surface area contributed by atoms with Crippen molar-refractivity contribution in [3.63, 3.8) is 0 Å². The Morgan fingerprint density at radius 1 is 1.78 bits per heavy atom. The average Bonchev–Trinajstić information content (AvgIpc) is 2.16. The van der Waals surface area contributed by atoms with Gasteiger partial charge in [-0.15, -0.1) is 0 Å². The molecule has 1 heterocycles. The van der Waals surface area contributed by atoms with E-state index < -0.39 is 6.09 Å². The van der Waals surface area contributed by atoms with Crippen molar-refractivity contribution in [2.75, 3.05) is 25.2 Å². The van der Waals surface area contributed by atoms with Crippen LogP contribution < -0.4 is 5.11 Å². The number of nitrogens with zero attached hydrogens (tertiary/aromatic N) is 1. The molecule has 1 saturated heterocycles. The Kier molecular flexibility index (Phi) is 1.68. The van der Waals surface area contributed by atoms with Crippen LogP contribution in [-0.4, -0.2) is 35.8 Å². The van der Waals surface area contributed by atoms with E-state index in [1.165, 1.54) is 0 Å². The lowest BCUT2D eigenvalue weighted by molar-refractivity contribution is -0.838. The third-order valence-electron chi connectivity index (χ3n) is 1.55. The Hall–Kier alpha value is -0.220. The lowest BCUT2D eigenvalue weighted by Gasteiger charge is -2.26. The molecule has 0 aromatic carbocycles. The minimum atomic E-state index is -0.958. The summed E-state index contributed by atoms with van der Waals surface area (Å²) in [4.78, 5) is 10.4. The van der Waals surface area contributed by atoms with Crippen LogP contribution in [0.5, 0.6) is 0 Å². The average molecular weight is 147 g/mol. The molecule has 1 fully saturated rings. The van der Waals surface area contributed by atoms with E-state index in [9.17, 15) is 9.90 Å². The van der Waals surface area contributed by atoms with Gasteiger partial charge in [0.2, 0.25) is 0 Å². The molecule has 3 nitrogen and oxygen atoms in total. The quantitative estimate of drug-likeness (QED) is 0.433. The number of rotatable bonds is 0. The van der Waals surface area contributed by atoms with E-state index in [1.807, 2.05) is 0 Å². The zero-order chi connectivity index (χ0) is 6.91. The van der Waals surface area contributed by atoms with Crippen molar-refractivity contribution in [3.8, 4) is 0 Å². The fourth-order valence-electron chi connectivity index (χ4n) is 0.741. The van der Waals surface area contributed by atoms with Gasteiger partial charge in [0.15, 0.2) is 0 Å². The largest absolute Gasteiger partial charge is 0.498 e. The predicted molar refractivity (Wildman–Crippen MR) is 33.8 cm³/mol. The highest BCUT2D eigenvalue weighted by Gasteiger charge is 2.29. The normalized spacial score (nSPS) is 34.8. The summed E-state index contributed by atoms with van der Waals surface area (Å²) in [5.74, 6) is 1.59. The van der Waals surface area contributed by atoms with Gasteiger partial charge in [0.1, 0.15) is 5.88 Å². The number of carbonyl (C=O) groups excluding carboxylic acids is 1. The first-order valence-corrected chi connectivity index (χ1v) is 3.94. The summed E-state index contributed by atoms with van der Waals surface area (Å²) in [6.45, 7) is 0.701. The Morgan fingerprint density at radius 3 is 2.67 bits per heavy atom. The van der Waals surface area contributed by atoms with Gasteiger partial charge in [0, 0.05) is 5.75 Å². The first kappa shape index (κ1) is 6.89. The third kappa shape index (κ3) is 1.19. The number of thioether (sulfide) groups is 1. The van der Waals surface area contributed by atoms with Crippen LogP contribution in [0.15, 0.2) is 0 Å². The number of carboxylic acid groups (broad SMARTS) is 1. The summed E-state index contributed by atoms with van der Waals surface area (Å²) >= 11 is 1.66. The second-order valence-electron chi connectivity index (χ2n) is 2.42. The maximum atomic E-state index is 10.4. The number of carbonyl (C=O) groups is 1. The van der Waals surface area contributed by atoms with Gasteiger partial charge in [0.05, 0.1) is 13.6 Å². The number of hydrogen-bond acceptors (Lipinski definition) is 3. The molecule has 0 bridgehead atoms. The third-order valence-corrected chi connectivity index (χ3v) is 2.77. The summed E-state index contributed by atoms with van der Waals surface area (Å²) in [5.41, 5.74) is 0. The van der Waals surface area contributed by atoms with Gasteiger partial charge in [-0.05, 0) is 0 Å². The Balaban J connectivity index is 2.61. The minimum absolute atomic E-state index is 0.0741. The molecular formula is C5H9NO2S. The molecule has 1 amide bonds. The Bertz CT molecular complexity index is 131. The highest BCUT2D eigenvalue weighted by Crippen LogP contribution is 2.19. The first-order valence-electron chi connectivity index (χ1n) is 2.79. The van der Waals surface area contributed by atoms with Crippen LogP contribution >= 0.6 is 11.8 Å². The van der Waals surface area contributed by atoms with E-state index in [0.29, 0.717) is 12.4 Å². The molecule has 9 heavy (non-hydrogen) atoms. The molecule has 1 aliphatic heterocycles. The van der Waals surface area contributed by atoms with Crippen LogP contribution in [0.1, 0.15) is 0 Å². The van der Waals surface area contributed by atoms with Crippen molar-refractivity contribution in [1.82, 2.24) is 0 Å². The van der Waals surface area contributed by atoms with Crippen molar-refractivity contribution in [3.05, 3.63) is 0 Å². The molecule has 1 aliphatic rings. The number of quaternary nitrogens is 1. The van der Waals surface area contributed by atoms with Crippen LogP contribution in [0.25, 0.3) is 0 Å². The molecule has 1 unspecified atom stereocenters. The van der Waals surface area contributed by atoms with E-state index in [4.69, 9.17) is 0 Å². The van der Waals surface area contributed by atoms with Gasteiger partial charge in [-0.3, -0.25) is 4.48 Å². The summed E-state index contributed by atoms with van der Waals surface area (Å²) in [5, 5.41) is 10.4. The van der Waals surface area contributed by atoms with Crippen molar-refractivity contribution in [2.45, 2.75) is 0 Å². The highest BCUT2D eigenvalue weighted by molar-refractivity contribution is 7.99. The summed E-state index contributed by atoms with van der Waals surface area (Å²) < 4.78 is 0.0741. The maximum absolute atomic E-state index is 10.4. The second-order valence-corrected chi connectivity index (χ2v) is 3.50. The zero-order valence-corrected chi connectivity index (χ0v) is 6.11. The molecule has 1 rings (SSSR count). The Morgan fingerprint density at radius 2 is 2.44 bits per heavy atom. The molecular weight excluding hydrogens is 138 g/mol. The molecule has 0 N–H and O–H groups in total. The topological polar surface area (TPSA) is 40.1 Å². The fourth-order valence-corrected chi connectivity index (χ4v) is 2.04. The monoisotopic (exact) mass is 147 g/mol. The standard InChI is InChI=1S/C5H9NO2S/c1-6(5(7)8)2-3-9-4-6/h2-4H2,1H3. The lowest BCUT2D eigenvalue weighted by Crippen LogP contribution is -2.53. The summed E-state index contributed by atoms with van der Waals surface area (Å²) in [7, 11) is 1.69. The molecule has 0 spiro atoms. The van der Waals surface area contributed by atoms with Crippen molar-refractivity contribution >= 4 is 17.9 Å². The molecule has 4 heteroatoms. The van der Waals surface area contributed by atoms with Crippen LogP contribution in [0.2, 0.25) is 0 Å². The molecule has 0 radical (unpaired) electrons. The van der Waals surface area contributed by atoms with E-state index in [-0.39, 0.29) is 4.48 Å². The van der Waals surface area contributed by atoms with Crippen LogP contribution in [-0.2, 0) is 0 Å². The van der Waals surface area contributed by atoms with Gasteiger partial charge in [-0.1, -0.05) is 11.8 Å². The predicted octanol–water partition coefficient (Wildman–Crippen LogP) is -0.519. The molecule has 0 aromatic heterocycles. The SMILES string of the molecule is C[N+]1(C(=O)[O-])CCSC1. The summed E-state index contributed by atoms with van der Waals surface area (Å²) in [6.07, 6.45) is -0.958. The minimum Gasteiger partial charge on any atom is -0.498 e. The molecule has 1 atom stereocenters. The number of amides is 1. The van der Waals surface area contributed by atoms with Crippen molar-refractivity contribution in [2.24, 2.45) is 0 Å². The molecule has 0 aliphatic carbocycles. The number of hydrogen-bond donors (Lipinski definition) is 0. The van der Waals surface area contributed by atoms with Gasteiger partial charge in [0.25, 0.3) is 6.09 Å². The maximum Gasteiger partial charge on any atom is 0.257 e. The van der Waals surface area contributed by atoms with Crippen LogP contribution in [0, 0.1) is 0 Å². The van der Waals surface area contributed by atoms with E-state index >= 15 is 0 Å². The van der Waals surface area contributed by atoms with Gasteiger partial charge in [-0.2, -0.15) is 0 Å². The van der Waals surface area contributed by atoms with Gasteiger partial charge in [-0.25, -0.2) is 0 Å². The fraction of sp³-hybridized carbons (Fsp3) is 0.800. The van der Waals surface area contributed by atoms with Crippen LogP contribution in [0.4, 0.5) is 4.79 Å². The van der Waals surface area contributed by atoms with E-state index in [2.05, 4.69) is 0 Å². The molecule has 0 aromatic rings. The van der Waals surface area contributed by atoms with Crippen LogP contribution in [0.3, 0.4) is 0 Å². The van der Waals surface area contributed by atoms with Gasteiger partial charge < -0.3 is 9.90 Å². The lowest BCUT2D eigenvalue weighted by atomic mass is 10.5. The van der Waals surface area contributed by atoms with E-state index in [0.717, 1.165) is 5.75 Å². The first-order chi connectivity index (χ1) is 4.15. The van der Waals surface area contributed by atoms with Gasteiger partial charge >= 0.3 is 0 Å². The molecule has 52 valence electrons. The smallest absolute Gasteiger partial charge is 0.257 e. The zero-order valence-electron chi connectivity index (χ0n) is 5.29. The van der Waals surface area contributed by atoms with Crippen molar-refractivity contribution in [1.29, 1.82) is 0 Å². The second kappa shape index (κ2) is 2.19. The van der Waals surface area contributed by atoms with E-state index in [1.54, 1.807) is 18.8 Å². The van der Waals surface area contributed by atoms with Crippen molar-refractivity contribution < 1.29 is 14.4 Å². The molecule has 0 saturated carbocycles. The Labute approximate surface area is 58.2 Å². The highest BCUT2D eigenvalue weighted by atomic mass is 32.2.